The standard InChI is InChI=1S/C11H14N2O3/c1-11(2,3)16-10(15)13-8(5-12)6-4-7(6)9(13)14/h6-8H,4H2,1-3H3. The Kier molecular flexibility index (Phi) is 2.19. The second-order valence-electron chi connectivity index (χ2n) is 5.27. The number of nitrogens with zero attached hydrogens (tertiary/aromatic N) is 2. The van der Waals surface area contributed by atoms with E-state index in [9.17, 15) is 9.59 Å². The van der Waals surface area contributed by atoms with Gasteiger partial charge in [0.05, 0.1) is 6.07 Å². The van der Waals surface area contributed by atoms with Gasteiger partial charge in [0.25, 0.3) is 0 Å². The van der Waals surface area contributed by atoms with Gasteiger partial charge in [-0.2, -0.15) is 5.26 Å². The third kappa shape index (κ3) is 1.64. The molecule has 2 rings (SSSR count). The van der Waals surface area contributed by atoms with Gasteiger partial charge in [0.15, 0.2) is 0 Å². The minimum Gasteiger partial charge on any atom is -0.443 e. The van der Waals surface area contributed by atoms with Gasteiger partial charge in [-0.15, -0.1) is 0 Å². The number of hydrogen-bond donors (Lipinski definition) is 0. The maximum Gasteiger partial charge on any atom is 0.418 e. The predicted molar refractivity (Wildman–Crippen MR) is 54.1 cm³/mol. The average Bonchev–Trinajstić information content (AvgIpc) is 2.84. The zero-order valence-corrected chi connectivity index (χ0v) is 9.56. The van der Waals surface area contributed by atoms with E-state index in [2.05, 4.69) is 0 Å². The van der Waals surface area contributed by atoms with Crippen molar-refractivity contribution in [1.29, 1.82) is 5.26 Å². The molecule has 2 aliphatic rings. The van der Waals surface area contributed by atoms with E-state index < -0.39 is 17.7 Å². The molecule has 0 bridgehead atoms. The number of hydrogen-bond acceptors (Lipinski definition) is 4. The van der Waals surface area contributed by atoms with E-state index in [1.165, 1.54) is 0 Å². The first-order chi connectivity index (χ1) is 7.35. The fraction of sp³-hybridized carbons (Fsp3) is 0.727. The number of likely N-dealkylation sites (tertiary alicyclic amines) is 1. The maximum absolute atomic E-state index is 11.7. The second kappa shape index (κ2) is 3.21. The van der Waals surface area contributed by atoms with Crippen molar-refractivity contribution in [3.63, 3.8) is 0 Å². The molecule has 16 heavy (non-hydrogen) atoms. The average molecular weight is 222 g/mol. The van der Waals surface area contributed by atoms with E-state index in [4.69, 9.17) is 10.00 Å². The summed E-state index contributed by atoms with van der Waals surface area (Å²) in [4.78, 5) is 24.4. The molecule has 0 N–H and O–H groups in total. The number of ether oxygens (including phenoxy) is 1. The Morgan fingerprint density at radius 3 is 2.69 bits per heavy atom. The number of amides is 2. The van der Waals surface area contributed by atoms with E-state index in [1.54, 1.807) is 20.8 Å². The van der Waals surface area contributed by atoms with Crippen molar-refractivity contribution in [3.05, 3.63) is 0 Å². The highest BCUT2D eigenvalue weighted by Crippen LogP contribution is 2.50. The quantitative estimate of drug-likeness (QED) is 0.619. The molecule has 2 fully saturated rings. The number of carbonyl (C=O) groups excluding carboxylic acids is 2. The van der Waals surface area contributed by atoms with Crippen LogP contribution in [0, 0.1) is 23.2 Å². The molecule has 0 aromatic rings. The lowest BCUT2D eigenvalue weighted by Crippen LogP contribution is -2.44. The fourth-order valence-electron chi connectivity index (χ4n) is 2.02. The first-order valence-corrected chi connectivity index (χ1v) is 5.31. The smallest absolute Gasteiger partial charge is 0.418 e. The van der Waals surface area contributed by atoms with Gasteiger partial charge in [-0.25, -0.2) is 9.69 Å². The summed E-state index contributed by atoms with van der Waals surface area (Å²) in [5, 5.41) is 8.95. The number of carbonyl (C=O) groups is 2. The molecule has 0 aromatic carbocycles. The molecule has 1 saturated carbocycles. The Labute approximate surface area is 94.0 Å². The Morgan fingerprint density at radius 2 is 2.19 bits per heavy atom. The zero-order valence-electron chi connectivity index (χ0n) is 9.56. The van der Waals surface area contributed by atoms with Crippen molar-refractivity contribution < 1.29 is 14.3 Å². The molecule has 3 unspecified atom stereocenters. The lowest BCUT2D eigenvalue weighted by atomic mass is 10.2. The predicted octanol–water partition coefficient (Wildman–Crippen LogP) is 1.29. The second-order valence-corrected chi connectivity index (χ2v) is 5.27. The van der Waals surface area contributed by atoms with E-state index in [0.717, 1.165) is 11.3 Å². The first kappa shape index (κ1) is 10.9. The lowest BCUT2D eigenvalue weighted by Gasteiger charge is -2.26. The van der Waals surface area contributed by atoms with Crippen molar-refractivity contribution in [3.8, 4) is 6.07 Å². The summed E-state index contributed by atoms with van der Waals surface area (Å²) in [6.07, 6.45) is 0.0346. The SMILES string of the molecule is CC(C)(C)OC(=O)N1C(=O)C2CC2C1C#N. The van der Waals surface area contributed by atoms with Crippen LogP contribution in [0.4, 0.5) is 4.79 Å². The Balaban J connectivity index is 2.12. The fourth-order valence-corrected chi connectivity index (χ4v) is 2.02. The van der Waals surface area contributed by atoms with Crippen molar-refractivity contribution >= 4 is 12.0 Å². The van der Waals surface area contributed by atoms with Crippen LogP contribution in [0.1, 0.15) is 27.2 Å². The molecule has 5 heteroatoms. The van der Waals surface area contributed by atoms with Crippen LogP contribution in [0.2, 0.25) is 0 Å². The van der Waals surface area contributed by atoms with Crippen LogP contribution >= 0.6 is 0 Å². The Morgan fingerprint density at radius 1 is 1.56 bits per heavy atom. The first-order valence-electron chi connectivity index (χ1n) is 5.31. The molecule has 86 valence electrons. The van der Waals surface area contributed by atoms with Gasteiger partial charge in [0, 0.05) is 11.8 Å². The van der Waals surface area contributed by atoms with Crippen LogP contribution in [-0.4, -0.2) is 28.5 Å². The molecule has 1 aliphatic heterocycles. The van der Waals surface area contributed by atoms with Gasteiger partial charge < -0.3 is 4.74 Å². The monoisotopic (exact) mass is 222 g/mol. The number of rotatable bonds is 0. The van der Waals surface area contributed by atoms with Gasteiger partial charge in [-0.1, -0.05) is 0 Å². The summed E-state index contributed by atoms with van der Waals surface area (Å²) < 4.78 is 5.11. The molecular formula is C11H14N2O3. The number of piperidine rings is 1. The van der Waals surface area contributed by atoms with Gasteiger partial charge in [0.1, 0.15) is 11.6 Å². The van der Waals surface area contributed by atoms with Gasteiger partial charge in [0.2, 0.25) is 5.91 Å². The van der Waals surface area contributed by atoms with Crippen LogP contribution in [0.15, 0.2) is 0 Å². The molecular weight excluding hydrogens is 208 g/mol. The Hall–Kier alpha value is -1.57. The summed E-state index contributed by atoms with van der Waals surface area (Å²) in [6.45, 7) is 5.19. The third-order valence-corrected chi connectivity index (χ3v) is 2.80. The summed E-state index contributed by atoms with van der Waals surface area (Å²) in [7, 11) is 0. The number of imide groups is 1. The van der Waals surface area contributed by atoms with Gasteiger partial charge in [-0.05, 0) is 27.2 Å². The number of nitriles is 1. The highest BCUT2D eigenvalue weighted by atomic mass is 16.6. The van der Waals surface area contributed by atoms with Crippen LogP contribution in [0.5, 0.6) is 0 Å². The van der Waals surface area contributed by atoms with Crippen LogP contribution < -0.4 is 0 Å². The molecule has 3 atom stereocenters. The zero-order chi connectivity index (χ0) is 12.1. The molecule has 0 aromatic heterocycles. The van der Waals surface area contributed by atoms with Crippen LogP contribution in [-0.2, 0) is 9.53 Å². The van der Waals surface area contributed by atoms with E-state index in [1.807, 2.05) is 6.07 Å². The largest absolute Gasteiger partial charge is 0.443 e. The summed E-state index contributed by atoms with van der Waals surface area (Å²) >= 11 is 0. The van der Waals surface area contributed by atoms with Crippen LogP contribution in [0.25, 0.3) is 0 Å². The van der Waals surface area contributed by atoms with Crippen molar-refractivity contribution in [2.24, 2.45) is 11.8 Å². The highest BCUT2D eigenvalue weighted by Gasteiger charge is 2.61. The topological polar surface area (TPSA) is 70.4 Å². The van der Waals surface area contributed by atoms with Crippen molar-refractivity contribution in [2.75, 3.05) is 0 Å². The normalized spacial score (nSPS) is 32.0. The maximum atomic E-state index is 11.7. The molecule has 1 saturated heterocycles. The Bertz CT molecular complexity index is 391. The minimum atomic E-state index is -0.698. The summed E-state index contributed by atoms with van der Waals surface area (Å²) in [6, 6.07) is 1.37. The van der Waals surface area contributed by atoms with Gasteiger partial charge >= 0.3 is 6.09 Å². The molecule has 2 amide bonds. The number of fused-ring (bicyclic) bond motifs is 1. The summed E-state index contributed by atoms with van der Waals surface area (Å²) in [5.74, 6) is -0.354. The lowest BCUT2D eigenvalue weighted by molar-refractivity contribution is -0.129. The van der Waals surface area contributed by atoms with E-state index in [-0.39, 0.29) is 17.7 Å². The molecule has 1 heterocycles. The van der Waals surface area contributed by atoms with E-state index in [0.29, 0.717) is 0 Å². The third-order valence-electron chi connectivity index (χ3n) is 2.80. The molecule has 0 radical (unpaired) electrons. The van der Waals surface area contributed by atoms with E-state index >= 15 is 0 Å². The van der Waals surface area contributed by atoms with Crippen LogP contribution in [0.3, 0.4) is 0 Å². The molecule has 5 nitrogen and oxygen atoms in total. The van der Waals surface area contributed by atoms with Gasteiger partial charge in [-0.3, -0.25) is 4.79 Å². The highest BCUT2D eigenvalue weighted by molar-refractivity contribution is 5.98. The minimum absolute atomic E-state index is 0.0324. The van der Waals surface area contributed by atoms with Crippen molar-refractivity contribution in [2.45, 2.75) is 38.8 Å². The molecule has 1 aliphatic carbocycles. The van der Waals surface area contributed by atoms with Crippen molar-refractivity contribution in [1.82, 2.24) is 4.90 Å². The summed E-state index contributed by atoms with van der Waals surface area (Å²) in [5.41, 5.74) is -0.649. The molecule has 0 spiro atoms.